The molecule has 0 aliphatic carbocycles. The lowest BCUT2D eigenvalue weighted by molar-refractivity contribution is -0.120. The molecule has 4 nitrogen and oxygen atoms in total. The molecule has 1 amide bonds. The van der Waals surface area contributed by atoms with Gasteiger partial charge < -0.3 is 5.32 Å². The van der Waals surface area contributed by atoms with Crippen molar-refractivity contribution in [1.29, 1.82) is 0 Å². The second-order valence-corrected chi connectivity index (χ2v) is 5.72. The third-order valence-corrected chi connectivity index (χ3v) is 2.72. The summed E-state index contributed by atoms with van der Waals surface area (Å²) in [7, 11) is 0. The number of carbonyl (C=O) groups excluding carboxylic acids is 1. The van der Waals surface area contributed by atoms with E-state index in [0.717, 1.165) is 0 Å². The van der Waals surface area contributed by atoms with Crippen LogP contribution in [0.4, 0.5) is 8.78 Å². The molecular formula is C14H17F2N3O. The number of aliphatic imine (C=N–C) groups is 1. The highest BCUT2D eigenvalue weighted by atomic mass is 19.3. The molecule has 2 N–H and O–H groups in total. The highest BCUT2D eigenvalue weighted by Gasteiger charge is 2.29. The van der Waals surface area contributed by atoms with E-state index in [0.29, 0.717) is 11.5 Å². The predicted octanol–water partition coefficient (Wildman–Crippen LogP) is 2.54. The first-order valence-corrected chi connectivity index (χ1v) is 6.31. The average Bonchev–Trinajstić information content (AvgIpc) is 2.68. The van der Waals surface area contributed by atoms with Gasteiger partial charge in [-0.3, -0.25) is 10.1 Å². The average molecular weight is 281 g/mol. The van der Waals surface area contributed by atoms with Gasteiger partial charge in [-0.1, -0.05) is 18.2 Å². The summed E-state index contributed by atoms with van der Waals surface area (Å²) in [6.45, 7) is 5.81. The van der Waals surface area contributed by atoms with E-state index in [9.17, 15) is 13.6 Å². The zero-order valence-corrected chi connectivity index (χ0v) is 11.6. The maximum Gasteiger partial charge on any atom is 0.263 e. The van der Waals surface area contributed by atoms with Gasteiger partial charge in [-0.25, -0.2) is 13.8 Å². The molecule has 0 saturated heterocycles. The predicted molar refractivity (Wildman–Crippen MR) is 72.6 cm³/mol. The van der Waals surface area contributed by atoms with Crippen molar-refractivity contribution in [3.63, 3.8) is 0 Å². The number of hydrogen-bond donors (Lipinski definition) is 2. The van der Waals surface area contributed by atoms with Gasteiger partial charge in [0.2, 0.25) is 0 Å². The molecule has 0 saturated carbocycles. The first-order chi connectivity index (χ1) is 9.26. The van der Waals surface area contributed by atoms with Crippen LogP contribution in [0.1, 0.15) is 44.4 Å². The maximum atomic E-state index is 12.7. The number of benzene rings is 1. The van der Waals surface area contributed by atoms with Gasteiger partial charge in [-0.15, -0.1) is 0 Å². The number of nitrogens with zero attached hydrogens (tertiary/aromatic N) is 1. The van der Waals surface area contributed by atoms with E-state index < -0.39 is 12.5 Å². The van der Waals surface area contributed by atoms with Crippen LogP contribution in [0.5, 0.6) is 0 Å². The molecule has 0 fully saturated rings. The van der Waals surface area contributed by atoms with Gasteiger partial charge in [-0.2, -0.15) is 0 Å². The van der Waals surface area contributed by atoms with Gasteiger partial charge in [0.15, 0.2) is 12.0 Å². The van der Waals surface area contributed by atoms with Crippen LogP contribution in [-0.4, -0.2) is 17.4 Å². The molecule has 1 aliphatic rings. The van der Waals surface area contributed by atoms with E-state index in [2.05, 4.69) is 15.6 Å². The Balaban J connectivity index is 2.24. The molecular weight excluding hydrogens is 264 g/mol. The molecule has 1 heterocycles. The highest BCUT2D eigenvalue weighted by Crippen LogP contribution is 2.26. The van der Waals surface area contributed by atoms with Crippen LogP contribution in [0.2, 0.25) is 0 Å². The van der Waals surface area contributed by atoms with Crippen LogP contribution in [0.15, 0.2) is 29.3 Å². The molecule has 0 radical (unpaired) electrons. The Morgan fingerprint density at radius 2 is 2.05 bits per heavy atom. The standard InChI is InChI=1S/C14H17F2N3O/c1-14(2,3)19-13-17-10(12(20)18-13)8-5-4-6-9(7-8)11(15)16/h4-7,10-11H,1-3H3,(H2,17,18,19,20). The van der Waals surface area contributed by atoms with Crippen LogP contribution >= 0.6 is 0 Å². The number of halogens is 2. The maximum absolute atomic E-state index is 12.7. The number of hydrogen-bond acceptors (Lipinski definition) is 3. The normalized spacial score (nSPS) is 19.0. The van der Waals surface area contributed by atoms with Crippen molar-refractivity contribution in [3.8, 4) is 0 Å². The quantitative estimate of drug-likeness (QED) is 0.875. The fourth-order valence-corrected chi connectivity index (χ4v) is 1.91. The molecule has 6 heteroatoms. The Hall–Kier alpha value is -1.98. The van der Waals surface area contributed by atoms with Crippen LogP contribution in [0.25, 0.3) is 0 Å². The van der Waals surface area contributed by atoms with Crippen LogP contribution < -0.4 is 10.6 Å². The Bertz CT molecular complexity index is 550. The number of amides is 1. The molecule has 0 spiro atoms. The third-order valence-electron chi connectivity index (χ3n) is 2.72. The van der Waals surface area contributed by atoms with Crippen molar-refractivity contribution in [2.24, 2.45) is 4.99 Å². The molecule has 2 rings (SSSR count). The SMILES string of the molecule is CC(C)(C)NC1=NC(c2cccc(C(F)F)c2)C(=O)N1. The molecule has 1 aromatic carbocycles. The summed E-state index contributed by atoms with van der Waals surface area (Å²) in [5, 5.41) is 5.68. The molecule has 1 unspecified atom stereocenters. The number of rotatable bonds is 2. The molecule has 0 aromatic heterocycles. The summed E-state index contributed by atoms with van der Waals surface area (Å²) in [6, 6.07) is 5.00. The molecule has 1 aliphatic heterocycles. The topological polar surface area (TPSA) is 53.5 Å². The van der Waals surface area contributed by atoms with Crippen molar-refractivity contribution >= 4 is 11.9 Å². The van der Waals surface area contributed by atoms with Crippen molar-refractivity contribution in [1.82, 2.24) is 10.6 Å². The summed E-state index contributed by atoms with van der Waals surface area (Å²) < 4.78 is 25.4. The molecule has 108 valence electrons. The summed E-state index contributed by atoms with van der Waals surface area (Å²) in [5.41, 5.74) is 0.111. The van der Waals surface area contributed by atoms with E-state index in [1.165, 1.54) is 18.2 Å². The third kappa shape index (κ3) is 3.31. The van der Waals surface area contributed by atoms with Crippen molar-refractivity contribution in [2.45, 2.75) is 38.8 Å². The lowest BCUT2D eigenvalue weighted by Crippen LogP contribution is -2.46. The second-order valence-electron chi connectivity index (χ2n) is 5.72. The van der Waals surface area contributed by atoms with Crippen LogP contribution in [-0.2, 0) is 4.79 Å². The van der Waals surface area contributed by atoms with Gasteiger partial charge in [-0.05, 0) is 32.4 Å². The van der Waals surface area contributed by atoms with E-state index in [1.807, 2.05) is 20.8 Å². The van der Waals surface area contributed by atoms with Crippen LogP contribution in [0, 0.1) is 0 Å². The van der Waals surface area contributed by atoms with Crippen molar-refractivity contribution in [2.75, 3.05) is 0 Å². The lowest BCUT2D eigenvalue weighted by Gasteiger charge is -2.21. The summed E-state index contributed by atoms with van der Waals surface area (Å²) in [4.78, 5) is 16.1. The molecule has 0 bridgehead atoms. The number of alkyl halides is 2. The van der Waals surface area contributed by atoms with Gasteiger partial charge >= 0.3 is 0 Å². The summed E-state index contributed by atoms with van der Waals surface area (Å²) in [5.74, 6) is 0.0538. The zero-order valence-electron chi connectivity index (χ0n) is 11.6. The van der Waals surface area contributed by atoms with E-state index in [1.54, 1.807) is 6.07 Å². The van der Waals surface area contributed by atoms with Gasteiger partial charge in [0, 0.05) is 11.1 Å². The Morgan fingerprint density at radius 3 is 2.65 bits per heavy atom. The Labute approximate surface area is 116 Å². The van der Waals surface area contributed by atoms with Crippen molar-refractivity contribution < 1.29 is 13.6 Å². The molecule has 1 atom stereocenters. The first kappa shape index (κ1) is 14.4. The minimum Gasteiger partial charge on any atom is -0.351 e. The monoisotopic (exact) mass is 281 g/mol. The Kier molecular flexibility index (Phi) is 3.74. The summed E-state index contributed by atoms with van der Waals surface area (Å²) >= 11 is 0. The second kappa shape index (κ2) is 5.19. The first-order valence-electron chi connectivity index (χ1n) is 6.31. The Morgan fingerprint density at radius 1 is 1.35 bits per heavy atom. The molecule has 1 aromatic rings. The number of carbonyl (C=O) groups is 1. The van der Waals surface area contributed by atoms with Gasteiger partial charge in [0.05, 0.1) is 0 Å². The largest absolute Gasteiger partial charge is 0.351 e. The smallest absolute Gasteiger partial charge is 0.263 e. The van der Waals surface area contributed by atoms with Crippen molar-refractivity contribution in [3.05, 3.63) is 35.4 Å². The fourth-order valence-electron chi connectivity index (χ4n) is 1.91. The van der Waals surface area contributed by atoms with E-state index in [4.69, 9.17) is 0 Å². The highest BCUT2D eigenvalue weighted by molar-refractivity contribution is 6.05. The minimum absolute atomic E-state index is 0.109. The van der Waals surface area contributed by atoms with Crippen LogP contribution in [0.3, 0.4) is 0 Å². The number of nitrogens with one attached hydrogen (secondary N) is 2. The summed E-state index contributed by atoms with van der Waals surface area (Å²) in [6.07, 6.45) is -2.56. The minimum atomic E-state index is -2.56. The van der Waals surface area contributed by atoms with Gasteiger partial charge in [0.1, 0.15) is 0 Å². The zero-order chi connectivity index (χ0) is 14.9. The fraction of sp³-hybridized carbons (Fsp3) is 0.429. The van der Waals surface area contributed by atoms with E-state index in [-0.39, 0.29) is 17.0 Å². The van der Waals surface area contributed by atoms with E-state index >= 15 is 0 Å². The molecule has 20 heavy (non-hydrogen) atoms. The van der Waals surface area contributed by atoms with Gasteiger partial charge in [0.25, 0.3) is 12.3 Å². The lowest BCUT2D eigenvalue weighted by atomic mass is 10.0. The number of guanidine groups is 1.